The number of rotatable bonds is 6. The zero-order chi connectivity index (χ0) is 16.7. The molecule has 0 fully saturated rings. The molecule has 0 aliphatic rings. The van der Waals surface area contributed by atoms with E-state index in [4.69, 9.17) is 9.47 Å². The van der Waals surface area contributed by atoms with E-state index in [0.29, 0.717) is 12.3 Å². The van der Waals surface area contributed by atoms with Crippen LogP contribution in [0.2, 0.25) is 0 Å². The van der Waals surface area contributed by atoms with Crippen LogP contribution in [-0.4, -0.2) is 25.9 Å². The fraction of sp³-hybridized carbons (Fsp3) is 0.316. The van der Waals surface area contributed by atoms with Crippen molar-refractivity contribution in [3.8, 4) is 5.75 Å². The van der Waals surface area contributed by atoms with Crippen LogP contribution >= 0.6 is 0 Å². The summed E-state index contributed by atoms with van der Waals surface area (Å²) in [6, 6.07) is 15.6. The number of aryl methyl sites for hydroxylation is 2. The highest BCUT2D eigenvalue weighted by molar-refractivity contribution is 5.64. The van der Waals surface area contributed by atoms with Crippen LogP contribution in [0.1, 0.15) is 18.1 Å². The molecule has 2 aromatic rings. The third-order valence-corrected chi connectivity index (χ3v) is 3.76. The Morgan fingerprint density at radius 1 is 1.04 bits per heavy atom. The normalized spacial score (nSPS) is 10.2. The molecule has 23 heavy (non-hydrogen) atoms. The first-order valence-corrected chi connectivity index (χ1v) is 7.82. The van der Waals surface area contributed by atoms with Gasteiger partial charge in [0, 0.05) is 12.2 Å². The summed E-state index contributed by atoms with van der Waals surface area (Å²) in [5, 5.41) is 0. The molecule has 0 amide bonds. The van der Waals surface area contributed by atoms with Crippen LogP contribution < -0.4 is 9.64 Å². The minimum absolute atomic E-state index is 0.284. The van der Waals surface area contributed by atoms with Crippen LogP contribution in [0.3, 0.4) is 0 Å². The van der Waals surface area contributed by atoms with Gasteiger partial charge in [-0.3, -0.25) is 0 Å². The lowest BCUT2D eigenvalue weighted by molar-refractivity contribution is 0.101. The van der Waals surface area contributed by atoms with Gasteiger partial charge in [0.15, 0.2) is 0 Å². The highest BCUT2D eigenvalue weighted by Gasteiger charge is 2.09. The van der Waals surface area contributed by atoms with Gasteiger partial charge in [0.25, 0.3) is 0 Å². The summed E-state index contributed by atoms with van der Waals surface area (Å²) < 4.78 is 10.4. The predicted octanol–water partition coefficient (Wildman–Crippen LogP) is 4.35. The number of carbonyl (C=O) groups excluding carboxylic acids is 1. The first kappa shape index (κ1) is 16.9. The Morgan fingerprint density at radius 3 is 2.43 bits per heavy atom. The van der Waals surface area contributed by atoms with Gasteiger partial charge in [-0.25, -0.2) is 4.79 Å². The highest BCUT2D eigenvalue weighted by atomic mass is 16.7. The zero-order valence-corrected chi connectivity index (χ0v) is 13.9. The van der Waals surface area contributed by atoms with Gasteiger partial charge in [0.05, 0.1) is 6.54 Å². The third-order valence-electron chi connectivity index (χ3n) is 3.76. The van der Waals surface area contributed by atoms with Crippen LogP contribution in [0.25, 0.3) is 0 Å². The molecule has 0 spiro atoms. The Kier molecular flexibility index (Phi) is 6.03. The molecule has 0 N–H and O–H groups in total. The topological polar surface area (TPSA) is 38.8 Å². The Hall–Kier alpha value is -2.49. The lowest BCUT2D eigenvalue weighted by Crippen LogP contribution is -2.28. The molecular weight excluding hydrogens is 290 g/mol. The number of hydrogen-bond donors (Lipinski definition) is 0. The molecule has 2 rings (SSSR count). The number of ether oxygens (including phenoxy) is 2. The van der Waals surface area contributed by atoms with Crippen molar-refractivity contribution in [2.45, 2.75) is 20.8 Å². The molecule has 0 aromatic heterocycles. The second-order valence-electron chi connectivity index (χ2n) is 5.36. The van der Waals surface area contributed by atoms with E-state index in [0.717, 1.165) is 23.4 Å². The molecule has 0 aliphatic heterocycles. The van der Waals surface area contributed by atoms with Gasteiger partial charge >= 0.3 is 6.16 Å². The average molecular weight is 313 g/mol. The lowest BCUT2D eigenvalue weighted by Gasteiger charge is -2.22. The molecule has 0 radical (unpaired) electrons. The van der Waals surface area contributed by atoms with Crippen LogP contribution in [-0.2, 0) is 4.74 Å². The summed E-state index contributed by atoms with van der Waals surface area (Å²) in [5.41, 5.74) is 3.35. The monoisotopic (exact) mass is 313 g/mol. The van der Waals surface area contributed by atoms with Gasteiger partial charge in [-0.2, -0.15) is 0 Å². The molecule has 4 heteroatoms. The van der Waals surface area contributed by atoms with Crippen molar-refractivity contribution in [3.05, 3.63) is 59.7 Å². The number of nitrogens with zero attached hydrogens (tertiary/aromatic N) is 1. The smallest absolute Gasteiger partial charge is 0.432 e. The summed E-state index contributed by atoms with van der Waals surface area (Å²) in [4.78, 5) is 13.9. The van der Waals surface area contributed by atoms with Gasteiger partial charge in [-0.15, -0.1) is 0 Å². The second-order valence-corrected chi connectivity index (χ2v) is 5.36. The molecule has 0 bridgehead atoms. The summed E-state index contributed by atoms with van der Waals surface area (Å²) in [6.45, 7) is 7.82. The quantitative estimate of drug-likeness (QED) is 0.587. The van der Waals surface area contributed by atoms with Crippen molar-refractivity contribution < 1.29 is 14.3 Å². The summed E-state index contributed by atoms with van der Waals surface area (Å²) in [6.07, 6.45) is -0.669. The molecule has 2 aromatic carbocycles. The van der Waals surface area contributed by atoms with Crippen molar-refractivity contribution >= 4 is 11.8 Å². The van der Waals surface area contributed by atoms with Crippen molar-refractivity contribution in [2.75, 3.05) is 24.6 Å². The minimum atomic E-state index is -0.669. The molecule has 0 unspecified atom stereocenters. The number of benzene rings is 2. The maximum absolute atomic E-state index is 11.8. The highest BCUT2D eigenvalue weighted by Crippen LogP contribution is 2.17. The molecular formula is C19H23NO3. The van der Waals surface area contributed by atoms with E-state index in [1.54, 1.807) is 6.07 Å². The predicted molar refractivity (Wildman–Crippen MR) is 92.2 cm³/mol. The maximum atomic E-state index is 11.8. The number of likely N-dealkylation sites (N-methyl/N-ethyl adjacent to an activating group) is 1. The van der Waals surface area contributed by atoms with Gasteiger partial charge in [0.1, 0.15) is 12.4 Å². The fourth-order valence-electron chi connectivity index (χ4n) is 2.25. The maximum Gasteiger partial charge on any atom is 0.513 e. The van der Waals surface area contributed by atoms with Crippen LogP contribution in [0.4, 0.5) is 10.5 Å². The molecule has 0 atom stereocenters. The van der Waals surface area contributed by atoms with Crippen molar-refractivity contribution in [3.63, 3.8) is 0 Å². The van der Waals surface area contributed by atoms with E-state index in [1.807, 2.05) is 56.3 Å². The minimum Gasteiger partial charge on any atom is -0.432 e. The number of para-hydroxylation sites is 1. The zero-order valence-electron chi connectivity index (χ0n) is 13.9. The van der Waals surface area contributed by atoms with Crippen LogP contribution in [0.5, 0.6) is 5.75 Å². The van der Waals surface area contributed by atoms with Gasteiger partial charge < -0.3 is 14.4 Å². The first-order valence-electron chi connectivity index (χ1n) is 7.82. The Morgan fingerprint density at radius 2 is 1.78 bits per heavy atom. The van der Waals surface area contributed by atoms with Gasteiger partial charge in [-0.1, -0.05) is 24.3 Å². The molecule has 0 saturated carbocycles. The Labute approximate surface area is 137 Å². The summed E-state index contributed by atoms with van der Waals surface area (Å²) in [7, 11) is 0. The van der Waals surface area contributed by atoms with Gasteiger partial charge in [0.2, 0.25) is 0 Å². The van der Waals surface area contributed by atoms with E-state index < -0.39 is 6.16 Å². The van der Waals surface area contributed by atoms with Crippen LogP contribution in [0.15, 0.2) is 48.5 Å². The van der Waals surface area contributed by atoms with E-state index >= 15 is 0 Å². The summed E-state index contributed by atoms with van der Waals surface area (Å²) >= 11 is 0. The average Bonchev–Trinajstić information content (AvgIpc) is 2.56. The van der Waals surface area contributed by atoms with Gasteiger partial charge in [-0.05, 0) is 56.2 Å². The number of hydrogen-bond acceptors (Lipinski definition) is 4. The Balaban J connectivity index is 1.81. The summed E-state index contributed by atoms with van der Waals surface area (Å²) in [5.74, 6) is 0.508. The SMILES string of the molecule is CCN(CCOC(=O)Oc1ccc(C)c(C)c1)c1ccccc1. The first-order chi connectivity index (χ1) is 11.1. The number of anilines is 1. The standard InChI is InChI=1S/C19H23NO3/c1-4-20(17-8-6-5-7-9-17)12-13-22-19(21)23-18-11-10-15(2)16(3)14-18/h5-11,14H,4,12-13H2,1-3H3. The molecule has 0 saturated heterocycles. The third kappa shape index (κ3) is 5.02. The van der Waals surface area contributed by atoms with E-state index in [9.17, 15) is 4.79 Å². The number of carbonyl (C=O) groups is 1. The second kappa shape index (κ2) is 8.22. The van der Waals surface area contributed by atoms with E-state index in [2.05, 4.69) is 11.8 Å². The van der Waals surface area contributed by atoms with E-state index in [1.165, 1.54) is 0 Å². The molecule has 0 heterocycles. The largest absolute Gasteiger partial charge is 0.513 e. The van der Waals surface area contributed by atoms with E-state index in [-0.39, 0.29) is 6.61 Å². The van der Waals surface area contributed by atoms with Crippen molar-refractivity contribution in [1.29, 1.82) is 0 Å². The molecule has 4 nitrogen and oxygen atoms in total. The van der Waals surface area contributed by atoms with Crippen LogP contribution in [0, 0.1) is 13.8 Å². The fourth-order valence-corrected chi connectivity index (χ4v) is 2.25. The van der Waals surface area contributed by atoms with Crippen molar-refractivity contribution in [2.24, 2.45) is 0 Å². The lowest BCUT2D eigenvalue weighted by atomic mass is 10.1. The van der Waals surface area contributed by atoms with Crippen molar-refractivity contribution in [1.82, 2.24) is 0 Å². The Bertz CT molecular complexity index is 640. The molecule has 122 valence electrons. The molecule has 0 aliphatic carbocycles.